The van der Waals surface area contributed by atoms with Gasteiger partial charge in [-0.25, -0.2) is 66.1 Å². The molecule has 4 bridgehead atoms. The van der Waals surface area contributed by atoms with Crippen molar-refractivity contribution in [1.29, 1.82) is 0 Å². The van der Waals surface area contributed by atoms with E-state index in [1.54, 1.807) is 30.3 Å². The highest BCUT2D eigenvalue weighted by molar-refractivity contribution is 7.86. The zero-order chi connectivity index (χ0) is 105. The Morgan fingerprint density at radius 3 is 1.18 bits per heavy atom. The van der Waals surface area contributed by atoms with Crippen molar-refractivity contribution in [2.24, 2.45) is 47.3 Å². The second-order valence-corrected chi connectivity index (χ2v) is 42.5. The van der Waals surface area contributed by atoms with Crippen LogP contribution in [0.5, 0.6) is 28.7 Å². The minimum absolute atomic E-state index is 0.00609. The maximum Gasteiger partial charge on any atom is 0.341 e. The average molecular weight is 2080 g/mol. The van der Waals surface area contributed by atoms with E-state index in [0.717, 1.165) is 91.2 Å². The maximum absolute atomic E-state index is 13.3. The number of hydrogen-bond donors (Lipinski definition) is 0. The van der Waals surface area contributed by atoms with Gasteiger partial charge in [-0.05, 0) is 173 Å². The molecule has 0 N–H and O–H groups in total. The molecule has 8 aromatic rings. The van der Waals surface area contributed by atoms with Gasteiger partial charge in [0, 0.05) is 5.92 Å². The number of rotatable bonds is 35. The van der Waals surface area contributed by atoms with Crippen molar-refractivity contribution >= 4 is 162 Å². The lowest BCUT2D eigenvalue weighted by Crippen LogP contribution is -2.35. The molecule has 9 unspecified atom stereocenters. The summed E-state index contributed by atoms with van der Waals surface area (Å²) in [5.41, 5.74) is 8.01. The standard InChI is InChI=1S/C24H19BO7S.C20H17BO7S.C19H19BO9S.C18H21BO7S.C17H21BO7S/c25-14-15-9-10-20(23(26)31-11-12-33(28,29)30)21(13-15)32-24(27)22-18-7-3-1-5-16(18)17-6-2-4-8-19(17)22;21-12-13-5-7-17(19(22)27-9-10-29(24,25)26)18(11-13)28-20(23)16-8-6-14-3-1-2-4-15(14)16;20-8-10-2-1-9(17(21)27-3-4-30(24,25)26)6-13(10)28-18(22)15-11-5-12-14(7-11)29-19(23)16(12)15;19-10-14-4-3-13(17(20)25-5-6-27(22,23)24)9-16(14)26-18(21)15-8-11-1-2-12(15)7-11;18-11-14-7-6-13(16(19)24-8-9-26(21,22)23)10-15(14)25-17(20)12-4-2-1-3-5-12/h1-10,13,22H,11-12,14H2,(H,28,29,30);1-8,11,16H,9-10,12H2,(H,24,25,26);1-2,6,11-12,14-16H,3-5,7-8H2,(H,24,25,26);3-4,9,11-12,15H,1-2,5-8,10H2,(H,22,23,24);6-7,10,12H,1-5,8-9,11H2,(H,21,22,23)/p-5. The van der Waals surface area contributed by atoms with Crippen LogP contribution < -0.4 is 23.7 Å². The first-order valence-electron chi connectivity index (χ1n) is 45.7. The first-order chi connectivity index (χ1) is 68.8. The van der Waals surface area contributed by atoms with Crippen molar-refractivity contribution in [2.45, 2.75) is 120 Å². The Balaban J connectivity index is 0.000000162. The van der Waals surface area contributed by atoms with Gasteiger partial charge in [-0.1, -0.05) is 184 Å². The summed E-state index contributed by atoms with van der Waals surface area (Å²) in [4.78, 5) is 137. The minimum atomic E-state index is -4.54. The molecule has 5 saturated carbocycles. The first kappa shape index (κ1) is 111. The van der Waals surface area contributed by atoms with E-state index < -0.39 is 184 Å². The van der Waals surface area contributed by atoms with Crippen LogP contribution in [0.1, 0.15) is 184 Å². The van der Waals surface area contributed by atoms with Gasteiger partial charge in [0.1, 0.15) is 90.8 Å². The third-order valence-electron chi connectivity index (χ3n) is 25.3. The molecule has 756 valence electrons. The molecule has 1 saturated heterocycles. The smallest absolute Gasteiger partial charge is 0.341 e. The van der Waals surface area contributed by atoms with E-state index in [9.17, 15) is 118 Å². The second-order valence-electron chi connectivity index (χ2n) is 34.9. The molecule has 0 aromatic heterocycles. The lowest BCUT2D eigenvalue weighted by molar-refractivity contribution is -0.149. The molecule has 6 fully saturated rings. The SMILES string of the molecule is [B]Cc1ccc(C(=O)OCCS(=O)(=O)[O-])c(OC(=O)C2C=Cc3ccccc32)c1.[B]Cc1ccc(C(=O)OCCS(=O)(=O)[O-])c(OC(=O)C2c3ccccc3-c3ccccc32)c1.[B]Cc1ccc(C(=O)OCCS(=O)(=O)[O-])cc1OC(=O)C1C2CC3OC(=O)C1C3C2.[B]Cc1ccc(C(=O)OCCS(=O)(=O)[O-])cc1OC(=O)C1CC2CCC1C2.[B]Cc1ccc(C(=O)OCCS(=O)(=O)[O-])cc1OC(=O)C1CCCCC1. The predicted octanol–water partition coefficient (Wildman–Crippen LogP) is 7.65. The number of benzene rings is 8. The monoisotopic (exact) mass is 2080 g/mol. The van der Waals surface area contributed by atoms with Crippen LogP contribution in [-0.2, 0) is 139 Å². The second kappa shape index (κ2) is 49.6. The van der Waals surface area contributed by atoms with E-state index in [2.05, 4.69) is 0 Å². The Morgan fingerprint density at radius 2 is 0.766 bits per heavy atom. The molecule has 16 rings (SSSR count). The van der Waals surface area contributed by atoms with Crippen molar-refractivity contribution < 1.29 is 170 Å². The summed E-state index contributed by atoms with van der Waals surface area (Å²) in [5.74, 6) is -12.5. The average Bonchev–Trinajstić information content (AvgIpc) is 1.56. The summed E-state index contributed by atoms with van der Waals surface area (Å²) < 4.78 is 217. The Morgan fingerprint density at radius 1 is 0.366 bits per heavy atom. The number of hydrogen-bond acceptors (Lipinski definition) is 37. The van der Waals surface area contributed by atoms with Crippen LogP contribution in [0.3, 0.4) is 0 Å². The summed E-state index contributed by atoms with van der Waals surface area (Å²) in [5, 5.41) is 0. The van der Waals surface area contributed by atoms with Gasteiger partial charge < -0.3 is 74.9 Å². The highest BCUT2D eigenvalue weighted by atomic mass is 32.2. The molecule has 37 nitrogen and oxygen atoms in total. The summed E-state index contributed by atoms with van der Waals surface area (Å²) in [6.45, 7) is -2.88. The molecule has 1 heterocycles. The van der Waals surface area contributed by atoms with E-state index in [1.165, 1.54) is 73.2 Å². The van der Waals surface area contributed by atoms with Crippen LogP contribution in [0.2, 0.25) is 0 Å². The predicted molar refractivity (Wildman–Crippen MR) is 512 cm³/mol. The molecule has 10 radical (unpaired) electrons. The van der Waals surface area contributed by atoms with Crippen LogP contribution in [0.15, 0.2) is 170 Å². The topological polar surface area (TPSA) is 575 Å². The Kier molecular flexibility index (Phi) is 38.1. The molecule has 9 atom stereocenters. The molecule has 47 heteroatoms. The normalized spacial score (nSPS) is 19.1. The first-order valence-corrected chi connectivity index (χ1v) is 53.6. The Labute approximate surface area is 842 Å². The number of carbonyl (C=O) groups is 11. The Hall–Kier alpha value is -12.5. The summed E-state index contributed by atoms with van der Waals surface area (Å²) in [7, 11) is 5.85. The fourth-order valence-corrected chi connectivity index (χ4v) is 19.7. The number of fused-ring (bicyclic) bond motifs is 7. The highest BCUT2D eigenvalue weighted by Gasteiger charge is 2.64. The zero-order valence-electron chi connectivity index (χ0n) is 77.5. The lowest BCUT2D eigenvalue weighted by atomic mass is 9.80. The number of ether oxygens (including phenoxy) is 11. The van der Waals surface area contributed by atoms with Crippen LogP contribution in [-0.4, -0.2) is 238 Å². The van der Waals surface area contributed by atoms with Crippen LogP contribution in [0, 0.1) is 47.3 Å². The van der Waals surface area contributed by atoms with Crippen LogP contribution in [0.4, 0.5) is 0 Å². The largest absolute Gasteiger partial charge is 0.748 e. The van der Waals surface area contributed by atoms with Crippen LogP contribution in [0.25, 0.3) is 17.2 Å². The fraction of sp³-hybridized carbons (Fsp3) is 0.378. The molecule has 8 aromatic carbocycles. The van der Waals surface area contributed by atoms with Gasteiger partial charge >= 0.3 is 65.7 Å². The molecule has 1 aliphatic heterocycles. The van der Waals surface area contributed by atoms with Crippen molar-refractivity contribution in [3.63, 3.8) is 0 Å². The van der Waals surface area contributed by atoms with E-state index in [4.69, 9.17) is 91.3 Å². The Bertz CT molecular complexity index is 6820. The van der Waals surface area contributed by atoms with Gasteiger partial charge in [0.15, 0.2) is 0 Å². The van der Waals surface area contributed by atoms with Crippen LogP contribution >= 0.6 is 0 Å². The van der Waals surface area contributed by atoms with Crippen molar-refractivity contribution in [2.75, 3.05) is 61.8 Å². The summed E-state index contributed by atoms with van der Waals surface area (Å²) in [6, 6.07) is 44.1. The maximum atomic E-state index is 13.3. The van der Waals surface area contributed by atoms with Gasteiger partial charge in [0.05, 0.1) is 159 Å². The van der Waals surface area contributed by atoms with Crippen molar-refractivity contribution in [3.8, 4) is 39.9 Å². The summed E-state index contributed by atoms with van der Waals surface area (Å²) in [6.07, 6.45) is 14.2. The van der Waals surface area contributed by atoms with Gasteiger partial charge in [0.25, 0.3) is 0 Å². The van der Waals surface area contributed by atoms with E-state index >= 15 is 0 Å². The summed E-state index contributed by atoms with van der Waals surface area (Å²) >= 11 is 0. The highest BCUT2D eigenvalue weighted by Crippen LogP contribution is 2.58. The fourth-order valence-electron chi connectivity index (χ4n) is 18.3. The molecule has 7 aliphatic carbocycles. The lowest BCUT2D eigenvalue weighted by Gasteiger charge is -2.23. The molecule has 8 aliphatic rings. The van der Waals surface area contributed by atoms with Gasteiger partial charge in [0.2, 0.25) is 0 Å². The quantitative estimate of drug-likeness (QED) is 0.0121. The minimum Gasteiger partial charge on any atom is -0.748 e. The molecule has 145 heavy (non-hydrogen) atoms. The van der Waals surface area contributed by atoms with Crippen molar-refractivity contribution in [1.82, 2.24) is 0 Å². The molecule has 0 spiro atoms. The number of carbonyl (C=O) groups excluding carboxylic acids is 11. The van der Waals surface area contributed by atoms with Crippen molar-refractivity contribution in [3.05, 3.63) is 248 Å². The van der Waals surface area contributed by atoms with E-state index in [1.807, 2.05) is 78.9 Å². The van der Waals surface area contributed by atoms with Gasteiger partial charge in [-0.15, -0.1) is 0 Å². The molecular formula is C98H92B5O37S5-5. The van der Waals surface area contributed by atoms with E-state index in [-0.39, 0.29) is 136 Å². The third-order valence-corrected chi connectivity index (χ3v) is 28.6. The number of esters is 11. The third kappa shape index (κ3) is 30.6. The van der Waals surface area contributed by atoms with E-state index in [0.29, 0.717) is 46.1 Å². The van der Waals surface area contributed by atoms with Gasteiger partial charge in [-0.3, -0.25) is 28.8 Å². The molecular weight excluding hydrogens is 1980 g/mol. The zero-order valence-corrected chi connectivity index (χ0v) is 81.6. The molecule has 0 amide bonds. The van der Waals surface area contributed by atoms with Gasteiger partial charge in [-0.2, -0.15) is 0 Å².